The van der Waals surface area contributed by atoms with Gasteiger partial charge in [0.1, 0.15) is 0 Å². The van der Waals surface area contributed by atoms with Crippen molar-refractivity contribution in [2.24, 2.45) is 5.92 Å². The Hall–Kier alpha value is -1.06. The van der Waals surface area contributed by atoms with Crippen molar-refractivity contribution in [3.63, 3.8) is 0 Å². The van der Waals surface area contributed by atoms with Crippen LogP contribution in [0.4, 0.5) is 0 Å². The summed E-state index contributed by atoms with van der Waals surface area (Å²) < 4.78 is 10.6. The molecule has 31 heavy (non-hydrogen) atoms. The van der Waals surface area contributed by atoms with Crippen LogP contribution in [0.5, 0.6) is 0 Å². The average molecular weight is 439 g/mol. The van der Waals surface area contributed by atoms with Crippen LogP contribution in [0.15, 0.2) is 0 Å². The lowest BCUT2D eigenvalue weighted by Gasteiger charge is -2.20. The molecule has 1 saturated carbocycles. The van der Waals surface area contributed by atoms with E-state index in [1.54, 1.807) is 0 Å². The Balaban J connectivity index is 1.78. The first kappa shape index (κ1) is 28.0. The van der Waals surface area contributed by atoms with Crippen LogP contribution in [0.2, 0.25) is 0 Å². The lowest BCUT2D eigenvalue weighted by atomic mass is 9.90. The van der Waals surface area contributed by atoms with Crippen molar-refractivity contribution >= 4 is 11.9 Å². The lowest BCUT2D eigenvalue weighted by Crippen LogP contribution is -2.17. The van der Waals surface area contributed by atoms with Gasteiger partial charge in [-0.3, -0.25) is 9.59 Å². The molecule has 182 valence electrons. The van der Waals surface area contributed by atoms with Gasteiger partial charge in [-0.15, -0.1) is 0 Å². The molecule has 1 rings (SSSR count). The summed E-state index contributed by atoms with van der Waals surface area (Å²) in [6, 6.07) is 0. The molecule has 0 amide bonds. The second-order valence-electron chi connectivity index (χ2n) is 9.50. The number of unbranched alkanes of at least 4 members (excludes halogenated alkanes) is 13. The Kier molecular flexibility index (Phi) is 18.8. The van der Waals surface area contributed by atoms with Crippen molar-refractivity contribution in [1.29, 1.82) is 0 Å². The molecule has 4 heteroatoms. The zero-order valence-electron chi connectivity index (χ0n) is 20.5. The zero-order chi connectivity index (χ0) is 22.4. The summed E-state index contributed by atoms with van der Waals surface area (Å²) in [5.41, 5.74) is 0. The summed E-state index contributed by atoms with van der Waals surface area (Å²) >= 11 is 0. The maximum atomic E-state index is 11.8. The number of carbonyl (C=O) groups is 2. The van der Waals surface area contributed by atoms with E-state index in [4.69, 9.17) is 9.47 Å². The largest absolute Gasteiger partial charge is 0.466 e. The van der Waals surface area contributed by atoms with Crippen molar-refractivity contribution in [2.75, 3.05) is 13.2 Å². The Morgan fingerprint density at radius 1 is 0.613 bits per heavy atom. The molecule has 0 atom stereocenters. The third-order valence-corrected chi connectivity index (χ3v) is 6.50. The van der Waals surface area contributed by atoms with Crippen molar-refractivity contribution < 1.29 is 19.1 Å². The van der Waals surface area contributed by atoms with Crippen LogP contribution in [0, 0.1) is 5.92 Å². The highest BCUT2D eigenvalue weighted by molar-refractivity contribution is 5.77. The van der Waals surface area contributed by atoms with Crippen LogP contribution in [-0.4, -0.2) is 25.2 Å². The molecule has 0 spiro atoms. The highest BCUT2D eigenvalue weighted by Crippen LogP contribution is 2.23. The van der Waals surface area contributed by atoms with E-state index in [2.05, 4.69) is 6.92 Å². The van der Waals surface area contributed by atoms with Crippen LogP contribution in [-0.2, 0) is 19.1 Å². The predicted molar refractivity (Wildman–Crippen MR) is 128 cm³/mol. The Morgan fingerprint density at radius 3 is 1.58 bits per heavy atom. The quantitative estimate of drug-likeness (QED) is 0.143. The van der Waals surface area contributed by atoms with Crippen molar-refractivity contribution in [1.82, 2.24) is 0 Å². The van der Waals surface area contributed by atoms with Gasteiger partial charge in [0.25, 0.3) is 0 Å². The van der Waals surface area contributed by atoms with Gasteiger partial charge in [0.05, 0.1) is 26.1 Å². The van der Waals surface area contributed by atoms with E-state index >= 15 is 0 Å². The molecule has 0 aromatic carbocycles. The first-order valence-corrected chi connectivity index (χ1v) is 13.5. The van der Waals surface area contributed by atoms with Crippen LogP contribution in [0.1, 0.15) is 142 Å². The van der Waals surface area contributed by atoms with E-state index in [0.29, 0.717) is 19.1 Å². The second-order valence-corrected chi connectivity index (χ2v) is 9.50. The second kappa shape index (κ2) is 20.8. The molecule has 0 aromatic rings. The van der Waals surface area contributed by atoms with E-state index in [1.807, 2.05) is 0 Å². The van der Waals surface area contributed by atoms with Gasteiger partial charge in [0, 0.05) is 0 Å². The standard InChI is InChI=1S/C27H50O4/c1-2-3-4-5-6-7-8-9-10-11-12-13-14-18-23-30-26(28)21-22-27(29)31-24-25-19-16-15-17-20-25/h25H,2-24H2,1H3. The SMILES string of the molecule is CCCCCCCCCCCCCCCCOC(=O)CCC(=O)OCC1CCCCC1. The number of hydrogen-bond donors (Lipinski definition) is 0. The topological polar surface area (TPSA) is 52.6 Å². The van der Waals surface area contributed by atoms with Crippen molar-refractivity contribution in [3.8, 4) is 0 Å². The molecular formula is C27H50O4. The highest BCUT2D eigenvalue weighted by atomic mass is 16.5. The van der Waals surface area contributed by atoms with E-state index in [9.17, 15) is 9.59 Å². The number of esters is 2. The van der Waals surface area contributed by atoms with E-state index in [-0.39, 0.29) is 24.8 Å². The van der Waals surface area contributed by atoms with Crippen LogP contribution in [0.25, 0.3) is 0 Å². The normalized spacial score (nSPS) is 14.5. The van der Waals surface area contributed by atoms with Gasteiger partial charge >= 0.3 is 11.9 Å². The Labute approximate surface area is 192 Å². The number of ether oxygens (including phenoxy) is 2. The van der Waals surface area contributed by atoms with Gasteiger partial charge in [-0.05, 0) is 25.2 Å². The maximum Gasteiger partial charge on any atom is 0.306 e. The molecule has 0 heterocycles. The van der Waals surface area contributed by atoms with Gasteiger partial charge in [-0.1, -0.05) is 110 Å². The zero-order valence-corrected chi connectivity index (χ0v) is 20.5. The molecule has 0 bridgehead atoms. The first-order chi connectivity index (χ1) is 15.2. The fourth-order valence-corrected chi connectivity index (χ4v) is 4.40. The summed E-state index contributed by atoms with van der Waals surface area (Å²) in [6.07, 6.45) is 24.8. The lowest BCUT2D eigenvalue weighted by molar-refractivity contribution is -0.151. The maximum absolute atomic E-state index is 11.8. The Morgan fingerprint density at radius 2 is 1.06 bits per heavy atom. The summed E-state index contributed by atoms with van der Waals surface area (Å²) in [5, 5.41) is 0. The van der Waals surface area contributed by atoms with E-state index in [1.165, 1.54) is 96.3 Å². The fraction of sp³-hybridized carbons (Fsp3) is 0.926. The fourth-order valence-electron chi connectivity index (χ4n) is 4.40. The molecule has 0 saturated heterocycles. The molecule has 1 fully saturated rings. The summed E-state index contributed by atoms with van der Waals surface area (Å²) in [4.78, 5) is 23.5. The molecule has 1 aliphatic carbocycles. The summed E-state index contributed by atoms with van der Waals surface area (Å²) in [6.45, 7) is 3.27. The van der Waals surface area contributed by atoms with E-state index in [0.717, 1.165) is 25.7 Å². The summed E-state index contributed by atoms with van der Waals surface area (Å²) in [7, 11) is 0. The van der Waals surface area contributed by atoms with Gasteiger partial charge in [-0.2, -0.15) is 0 Å². The van der Waals surface area contributed by atoms with Gasteiger partial charge in [0.15, 0.2) is 0 Å². The monoisotopic (exact) mass is 438 g/mol. The minimum absolute atomic E-state index is 0.141. The van der Waals surface area contributed by atoms with Crippen LogP contribution < -0.4 is 0 Å². The van der Waals surface area contributed by atoms with Gasteiger partial charge in [-0.25, -0.2) is 0 Å². The minimum Gasteiger partial charge on any atom is -0.466 e. The Bertz CT molecular complexity index is 429. The van der Waals surface area contributed by atoms with Crippen molar-refractivity contribution in [2.45, 2.75) is 142 Å². The number of hydrogen-bond acceptors (Lipinski definition) is 4. The third-order valence-electron chi connectivity index (χ3n) is 6.50. The average Bonchev–Trinajstić information content (AvgIpc) is 2.79. The number of rotatable bonds is 20. The molecule has 0 unspecified atom stereocenters. The smallest absolute Gasteiger partial charge is 0.306 e. The number of carbonyl (C=O) groups excluding carboxylic acids is 2. The molecule has 0 aromatic heterocycles. The first-order valence-electron chi connectivity index (χ1n) is 13.5. The predicted octanol–water partition coefficient (Wildman–Crippen LogP) is 7.91. The molecular weight excluding hydrogens is 388 g/mol. The van der Waals surface area contributed by atoms with Crippen molar-refractivity contribution in [3.05, 3.63) is 0 Å². The van der Waals surface area contributed by atoms with Crippen LogP contribution in [0.3, 0.4) is 0 Å². The summed E-state index contributed by atoms with van der Waals surface area (Å²) in [5.74, 6) is -0.0201. The molecule has 0 aliphatic heterocycles. The van der Waals surface area contributed by atoms with Gasteiger partial charge in [0.2, 0.25) is 0 Å². The molecule has 0 radical (unpaired) electrons. The molecule has 4 nitrogen and oxygen atoms in total. The highest BCUT2D eigenvalue weighted by Gasteiger charge is 2.16. The van der Waals surface area contributed by atoms with Gasteiger partial charge < -0.3 is 9.47 Å². The molecule has 0 N–H and O–H groups in total. The molecule has 1 aliphatic rings. The third kappa shape index (κ3) is 18.2. The van der Waals surface area contributed by atoms with E-state index < -0.39 is 0 Å². The minimum atomic E-state index is -0.274. The van der Waals surface area contributed by atoms with Crippen LogP contribution >= 0.6 is 0 Å².